The Kier molecular flexibility index (Phi) is 4.38. The summed E-state index contributed by atoms with van der Waals surface area (Å²) in [4.78, 5) is 21.2. The van der Waals surface area contributed by atoms with Crippen LogP contribution in [0.3, 0.4) is 0 Å². The van der Waals surface area contributed by atoms with Crippen LogP contribution in [0.4, 0.5) is 20.6 Å². The first-order valence-electron chi connectivity index (χ1n) is 4.79. The number of amides is 1. The highest BCUT2D eigenvalue weighted by Crippen LogP contribution is 2.25. The molecule has 6 nitrogen and oxygen atoms in total. The fourth-order valence-corrected chi connectivity index (χ4v) is 1.18. The summed E-state index contributed by atoms with van der Waals surface area (Å²) >= 11 is 0. The van der Waals surface area contributed by atoms with Gasteiger partial charge in [-0.1, -0.05) is 6.07 Å². The average molecular weight is 242 g/mol. The highest BCUT2D eigenvalue weighted by molar-refractivity contribution is 5.87. The summed E-state index contributed by atoms with van der Waals surface area (Å²) in [6, 6.07) is 4.33. The van der Waals surface area contributed by atoms with Crippen LogP contribution < -0.4 is 5.32 Å². The number of alkyl halides is 1. The molecule has 1 aromatic rings. The smallest absolute Gasteiger partial charge is 0.411 e. The van der Waals surface area contributed by atoms with E-state index in [0.717, 1.165) is 0 Å². The first-order valence-corrected chi connectivity index (χ1v) is 4.79. The fourth-order valence-electron chi connectivity index (χ4n) is 1.18. The predicted octanol–water partition coefficient (Wildman–Crippen LogP) is 2.42. The van der Waals surface area contributed by atoms with Crippen molar-refractivity contribution in [2.75, 3.05) is 18.6 Å². The van der Waals surface area contributed by atoms with Crippen LogP contribution in [0.5, 0.6) is 0 Å². The second kappa shape index (κ2) is 5.78. The van der Waals surface area contributed by atoms with Gasteiger partial charge in [0.1, 0.15) is 19.0 Å². The minimum atomic E-state index is -0.922. The van der Waals surface area contributed by atoms with Gasteiger partial charge in [-0.2, -0.15) is 0 Å². The molecule has 1 rings (SSSR count). The molecule has 0 saturated carbocycles. The van der Waals surface area contributed by atoms with Gasteiger partial charge < -0.3 is 4.74 Å². The number of hydrogen-bond donors (Lipinski definition) is 1. The average Bonchev–Trinajstić information content (AvgIpc) is 2.28. The van der Waals surface area contributed by atoms with E-state index in [9.17, 15) is 19.3 Å². The molecule has 17 heavy (non-hydrogen) atoms. The van der Waals surface area contributed by atoms with Crippen LogP contribution in [0, 0.1) is 17.0 Å². The molecule has 0 aromatic heterocycles. The van der Waals surface area contributed by atoms with Crippen LogP contribution in [0.15, 0.2) is 18.2 Å². The van der Waals surface area contributed by atoms with Crippen molar-refractivity contribution in [3.8, 4) is 0 Å². The number of anilines is 1. The number of carbonyl (C=O) groups excluding carboxylic acids is 1. The second-order valence-electron chi connectivity index (χ2n) is 3.23. The van der Waals surface area contributed by atoms with Crippen LogP contribution in [0.25, 0.3) is 0 Å². The number of nitro benzene ring substituents is 1. The summed E-state index contributed by atoms with van der Waals surface area (Å²) in [5.74, 6) is 0. The van der Waals surface area contributed by atoms with Crippen molar-refractivity contribution < 1.29 is 18.8 Å². The van der Waals surface area contributed by atoms with Gasteiger partial charge in [0.25, 0.3) is 5.69 Å². The van der Waals surface area contributed by atoms with E-state index >= 15 is 0 Å². The highest BCUT2D eigenvalue weighted by Gasteiger charge is 2.16. The van der Waals surface area contributed by atoms with E-state index in [-0.39, 0.29) is 18.0 Å². The van der Waals surface area contributed by atoms with Gasteiger partial charge in [0.05, 0.1) is 4.92 Å². The number of benzene rings is 1. The number of halogens is 1. The molecule has 92 valence electrons. The SMILES string of the molecule is Cc1ccc(NC(=O)OCCF)c([N+](=O)[O-])c1. The third-order valence-electron chi connectivity index (χ3n) is 1.90. The molecule has 0 aliphatic heterocycles. The lowest BCUT2D eigenvalue weighted by atomic mass is 10.2. The number of hydrogen-bond acceptors (Lipinski definition) is 4. The van der Waals surface area contributed by atoms with Gasteiger partial charge in [-0.25, -0.2) is 9.18 Å². The van der Waals surface area contributed by atoms with Crippen LogP contribution in [0.1, 0.15) is 5.56 Å². The number of nitrogens with one attached hydrogen (secondary N) is 1. The van der Waals surface area contributed by atoms with Gasteiger partial charge in [0.15, 0.2) is 0 Å². The maximum atomic E-state index is 11.7. The van der Waals surface area contributed by atoms with Gasteiger partial charge >= 0.3 is 6.09 Å². The molecule has 0 spiro atoms. The van der Waals surface area contributed by atoms with Gasteiger partial charge in [-0.05, 0) is 18.6 Å². The van der Waals surface area contributed by atoms with Crippen molar-refractivity contribution in [2.24, 2.45) is 0 Å². The van der Waals surface area contributed by atoms with Gasteiger partial charge in [-0.3, -0.25) is 15.4 Å². The van der Waals surface area contributed by atoms with E-state index in [1.807, 2.05) is 0 Å². The number of nitrogens with zero attached hydrogens (tertiary/aromatic N) is 1. The molecule has 1 aromatic carbocycles. The standard InChI is InChI=1S/C10H11FN2O4/c1-7-2-3-8(9(6-7)13(15)16)12-10(14)17-5-4-11/h2-3,6H,4-5H2,1H3,(H,12,14). The molecule has 0 unspecified atom stereocenters. The molecule has 0 saturated heterocycles. The maximum absolute atomic E-state index is 11.7. The van der Waals surface area contributed by atoms with Crippen molar-refractivity contribution >= 4 is 17.5 Å². The van der Waals surface area contributed by atoms with Gasteiger partial charge in [0.2, 0.25) is 0 Å². The summed E-state index contributed by atoms with van der Waals surface area (Å²) in [5, 5.41) is 12.9. The van der Waals surface area contributed by atoms with E-state index in [1.54, 1.807) is 13.0 Å². The molecule has 7 heteroatoms. The van der Waals surface area contributed by atoms with Crippen molar-refractivity contribution in [1.82, 2.24) is 0 Å². The summed E-state index contributed by atoms with van der Waals surface area (Å²) < 4.78 is 16.2. The Hall–Kier alpha value is -2.18. The van der Waals surface area contributed by atoms with Crippen LogP contribution in [0.2, 0.25) is 0 Å². The summed E-state index contributed by atoms with van der Waals surface area (Å²) in [6.07, 6.45) is -0.922. The molecular weight excluding hydrogens is 231 g/mol. The lowest BCUT2D eigenvalue weighted by Gasteiger charge is -2.06. The van der Waals surface area contributed by atoms with E-state index in [2.05, 4.69) is 10.1 Å². The van der Waals surface area contributed by atoms with Crippen LogP contribution in [-0.2, 0) is 4.74 Å². The Balaban J connectivity index is 2.83. The normalized spacial score (nSPS) is 9.76. The first kappa shape index (κ1) is 12.9. The van der Waals surface area contributed by atoms with E-state index in [4.69, 9.17) is 0 Å². The predicted molar refractivity (Wildman–Crippen MR) is 58.8 cm³/mol. The monoisotopic (exact) mass is 242 g/mol. The highest BCUT2D eigenvalue weighted by atomic mass is 19.1. The van der Waals surface area contributed by atoms with Crippen LogP contribution in [-0.4, -0.2) is 24.3 Å². The third-order valence-corrected chi connectivity index (χ3v) is 1.90. The second-order valence-corrected chi connectivity index (χ2v) is 3.23. The molecule has 1 N–H and O–H groups in total. The lowest BCUT2D eigenvalue weighted by Crippen LogP contribution is -2.16. The number of nitro groups is 1. The molecule has 0 aliphatic rings. The van der Waals surface area contributed by atoms with Gasteiger partial charge in [-0.15, -0.1) is 0 Å². The van der Waals surface area contributed by atoms with Crippen LogP contribution >= 0.6 is 0 Å². The summed E-state index contributed by atoms with van der Waals surface area (Å²) in [7, 11) is 0. The Labute approximate surface area is 96.5 Å². The number of carbonyl (C=O) groups is 1. The van der Waals surface area contributed by atoms with Crippen molar-refractivity contribution in [1.29, 1.82) is 0 Å². The Morgan fingerprint density at radius 1 is 1.59 bits per heavy atom. The molecular formula is C10H11FN2O4. The third kappa shape index (κ3) is 3.71. The lowest BCUT2D eigenvalue weighted by molar-refractivity contribution is -0.384. The van der Waals surface area contributed by atoms with Gasteiger partial charge in [0, 0.05) is 6.07 Å². The molecule has 0 fully saturated rings. The van der Waals surface area contributed by atoms with Crippen molar-refractivity contribution in [3.05, 3.63) is 33.9 Å². The molecule has 0 radical (unpaired) electrons. The number of ether oxygens (including phenoxy) is 1. The maximum Gasteiger partial charge on any atom is 0.411 e. The quantitative estimate of drug-likeness (QED) is 0.649. The zero-order chi connectivity index (χ0) is 12.8. The number of aryl methyl sites for hydroxylation is 1. The molecule has 0 atom stereocenters. The van der Waals surface area contributed by atoms with Crippen molar-refractivity contribution in [3.63, 3.8) is 0 Å². The van der Waals surface area contributed by atoms with E-state index in [0.29, 0.717) is 5.56 Å². The molecule has 0 heterocycles. The zero-order valence-corrected chi connectivity index (χ0v) is 9.10. The molecule has 0 bridgehead atoms. The minimum Gasteiger partial charge on any atom is -0.447 e. The Morgan fingerprint density at radius 3 is 2.88 bits per heavy atom. The Bertz CT molecular complexity index is 436. The zero-order valence-electron chi connectivity index (χ0n) is 9.10. The van der Waals surface area contributed by atoms with Crippen molar-refractivity contribution in [2.45, 2.75) is 6.92 Å². The summed E-state index contributed by atoms with van der Waals surface area (Å²) in [6.45, 7) is 0.507. The minimum absolute atomic E-state index is 0.0180. The fraction of sp³-hybridized carbons (Fsp3) is 0.300. The number of rotatable bonds is 4. The first-order chi connectivity index (χ1) is 8.04. The molecule has 0 aliphatic carbocycles. The Morgan fingerprint density at radius 2 is 2.29 bits per heavy atom. The largest absolute Gasteiger partial charge is 0.447 e. The van der Waals surface area contributed by atoms with E-state index in [1.165, 1.54) is 12.1 Å². The van der Waals surface area contributed by atoms with E-state index < -0.39 is 17.7 Å². The summed E-state index contributed by atoms with van der Waals surface area (Å²) in [5.41, 5.74) is 0.478. The topological polar surface area (TPSA) is 81.5 Å². The molecule has 1 amide bonds.